The zero-order chi connectivity index (χ0) is 8.54. The lowest BCUT2D eigenvalue weighted by Crippen LogP contribution is -2.22. The van der Waals surface area contributed by atoms with E-state index in [1.165, 1.54) is 19.3 Å². The lowest BCUT2D eigenvalue weighted by molar-refractivity contribution is 0.0128. The first kappa shape index (κ1) is 9.05. The fourth-order valence-corrected chi connectivity index (χ4v) is 1.78. The minimum atomic E-state index is 0.285. The van der Waals surface area contributed by atoms with Gasteiger partial charge in [0, 0.05) is 6.61 Å². The summed E-state index contributed by atoms with van der Waals surface area (Å²) in [6, 6.07) is 0. The number of hydrogen-bond acceptors (Lipinski definition) is 1. The Labute approximate surface area is 70.1 Å². The Hall–Kier alpha value is -0.0400. The van der Waals surface area contributed by atoms with Gasteiger partial charge in [-0.25, -0.2) is 0 Å². The van der Waals surface area contributed by atoms with Crippen molar-refractivity contribution in [3.8, 4) is 0 Å². The molecule has 1 heteroatoms. The van der Waals surface area contributed by atoms with Crippen molar-refractivity contribution in [2.45, 2.75) is 52.6 Å². The van der Waals surface area contributed by atoms with E-state index in [-0.39, 0.29) is 5.60 Å². The second kappa shape index (κ2) is 2.78. The summed E-state index contributed by atoms with van der Waals surface area (Å²) in [5, 5.41) is 0. The molecule has 0 saturated heterocycles. The standard InChI is InChI=1S/C10H20O/c1-5-11-10(6-7-10)8-9(2,3)4/h5-8H2,1-4H3. The smallest absolute Gasteiger partial charge is 0.0689 e. The minimum absolute atomic E-state index is 0.285. The molecular formula is C10H20O. The number of ether oxygens (including phenoxy) is 1. The Morgan fingerprint density at radius 3 is 2.09 bits per heavy atom. The molecule has 1 aliphatic carbocycles. The maximum Gasteiger partial charge on any atom is 0.0689 e. The van der Waals surface area contributed by atoms with Crippen LogP contribution in [0.4, 0.5) is 0 Å². The predicted molar refractivity (Wildman–Crippen MR) is 47.7 cm³/mol. The van der Waals surface area contributed by atoms with Crippen LogP contribution < -0.4 is 0 Å². The quantitative estimate of drug-likeness (QED) is 0.610. The van der Waals surface area contributed by atoms with Gasteiger partial charge >= 0.3 is 0 Å². The first-order valence-electron chi connectivity index (χ1n) is 4.61. The van der Waals surface area contributed by atoms with Crippen molar-refractivity contribution < 1.29 is 4.74 Å². The molecule has 0 atom stereocenters. The summed E-state index contributed by atoms with van der Waals surface area (Å²) in [6.45, 7) is 9.81. The van der Waals surface area contributed by atoms with E-state index in [1.807, 2.05) is 0 Å². The molecular weight excluding hydrogens is 136 g/mol. The summed E-state index contributed by atoms with van der Waals surface area (Å²) in [4.78, 5) is 0. The van der Waals surface area contributed by atoms with E-state index in [1.54, 1.807) is 0 Å². The summed E-state index contributed by atoms with van der Waals surface area (Å²) < 4.78 is 5.72. The van der Waals surface area contributed by atoms with Crippen LogP contribution in [0.15, 0.2) is 0 Å². The van der Waals surface area contributed by atoms with Gasteiger partial charge in [0.2, 0.25) is 0 Å². The summed E-state index contributed by atoms with van der Waals surface area (Å²) in [5.74, 6) is 0. The van der Waals surface area contributed by atoms with Crippen molar-refractivity contribution in [3.05, 3.63) is 0 Å². The highest BCUT2D eigenvalue weighted by atomic mass is 16.5. The molecule has 1 fully saturated rings. The molecule has 0 amide bonds. The van der Waals surface area contributed by atoms with Crippen molar-refractivity contribution in [3.63, 3.8) is 0 Å². The zero-order valence-corrected chi connectivity index (χ0v) is 8.24. The van der Waals surface area contributed by atoms with Gasteiger partial charge in [-0.05, 0) is 31.6 Å². The van der Waals surface area contributed by atoms with Crippen LogP contribution in [0.25, 0.3) is 0 Å². The van der Waals surface area contributed by atoms with Crippen LogP contribution in [0.5, 0.6) is 0 Å². The molecule has 66 valence electrons. The van der Waals surface area contributed by atoms with Gasteiger partial charge in [0.15, 0.2) is 0 Å². The van der Waals surface area contributed by atoms with Crippen LogP contribution in [0, 0.1) is 5.41 Å². The maximum absolute atomic E-state index is 5.72. The van der Waals surface area contributed by atoms with Gasteiger partial charge in [0.25, 0.3) is 0 Å². The lowest BCUT2D eigenvalue weighted by atomic mass is 9.88. The van der Waals surface area contributed by atoms with Crippen LogP contribution in [0.3, 0.4) is 0 Å². The average molecular weight is 156 g/mol. The Morgan fingerprint density at radius 2 is 1.82 bits per heavy atom. The molecule has 0 aromatic rings. The van der Waals surface area contributed by atoms with Gasteiger partial charge in [0.1, 0.15) is 0 Å². The van der Waals surface area contributed by atoms with Gasteiger partial charge < -0.3 is 4.74 Å². The van der Waals surface area contributed by atoms with Crippen LogP contribution in [-0.4, -0.2) is 12.2 Å². The van der Waals surface area contributed by atoms with Gasteiger partial charge in [-0.1, -0.05) is 20.8 Å². The summed E-state index contributed by atoms with van der Waals surface area (Å²) >= 11 is 0. The first-order valence-corrected chi connectivity index (χ1v) is 4.61. The molecule has 0 N–H and O–H groups in total. The third-order valence-electron chi connectivity index (χ3n) is 2.11. The van der Waals surface area contributed by atoms with E-state index in [0.29, 0.717) is 5.41 Å². The van der Waals surface area contributed by atoms with E-state index < -0.39 is 0 Å². The van der Waals surface area contributed by atoms with Crippen LogP contribution in [0.1, 0.15) is 47.0 Å². The molecule has 0 bridgehead atoms. The molecule has 1 rings (SSSR count). The normalized spacial score (nSPS) is 21.8. The number of hydrogen-bond donors (Lipinski definition) is 0. The molecule has 0 radical (unpaired) electrons. The fraction of sp³-hybridized carbons (Fsp3) is 1.00. The molecule has 0 spiro atoms. The second-order valence-electron chi connectivity index (χ2n) is 4.85. The molecule has 1 aliphatic rings. The Balaban J connectivity index is 2.35. The average Bonchev–Trinajstić information content (AvgIpc) is 2.44. The van der Waals surface area contributed by atoms with E-state index in [9.17, 15) is 0 Å². The molecule has 0 heterocycles. The third kappa shape index (κ3) is 2.82. The molecule has 0 aliphatic heterocycles. The first-order chi connectivity index (χ1) is 4.97. The highest BCUT2D eigenvalue weighted by Gasteiger charge is 2.45. The molecule has 0 aromatic carbocycles. The molecule has 1 nitrogen and oxygen atoms in total. The van der Waals surface area contributed by atoms with E-state index in [0.717, 1.165) is 6.61 Å². The largest absolute Gasteiger partial charge is 0.375 e. The van der Waals surface area contributed by atoms with Crippen LogP contribution >= 0.6 is 0 Å². The maximum atomic E-state index is 5.72. The lowest BCUT2D eigenvalue weighted by Gasteiger charge is -2.25. The SMILES string of the molecule is CCOC1(CC(C)(C)C)CC1. The summed E-state index contributed by atoms with van der Waals surface area (Å²) in [6.07, 6.45) is 3.77. The van der Waals surface area contributed by atoms with Gasteiger partial charge in [-0.2, -0.15) is 0 Å². The van der Waals surface area contributed by atoms with Crippen LogP contribution in [-0.2, 0) is 4.74 Å². The van der Waals surface area contributed by atoms with Crippen molar-refractivity contribution in [1.82, 2.24) is 0 Å². The van der Waals surface area contributed by atoms with Crippen molar-refractivity contribution >= 4 is 0 Å². The zero-order valence-electron chi connectivity index (χ0n) is 8.24. The second-order valence-corrected chi connectivity index (χ2v) is 4.85. The Kier molecular flexibility index (Phi) is 2.29. The Bertz CT molecular complexity index is 128. The van der Waals surface area contributed by atoms with Crippen molar-refractivity contribution in [2.24, 2.45) is 5.41 Å². The van der Waals surface area contributed by atoms with E-state index in [4.69, 9.17) is 4.74 Å². The van der Waals surface area contributed by atoms with Gasteiger partial charge in [0.05, 0.1) is 5.60 Å². The molecule has 11 heavy (non-hydrogen) atoms. The van der Waals surface area contributed by atoms with Crippen molar-refractivity contribution in [2.75, 3.05) is 6.61 Å². The van der Waals surface area contributed by atoms with Gasteiger partial charge in [-0.15, -0.1) is 0 Å². The van der Waals surface area contributed by atoms with E-state index >= 15 is 0 Å². The highest BCUT2D eigenvalue weighted by Crippen LogP contribution is 2.47. The van der Waals surface area contributed by atoms with Gasteiger partial charge in [-0.3, -0.25) is 0 Å². The number of rotatable bonds is 3. The van der Waals surface area contributed by atoms with Crippen LogP contribution in [0.2, 0.25) is 0 Å². The monoisotopic (exact) mass is 156 g/mol. The molecule has 0 unspecified atom stereocenters. The molecule has 0 aromatic heterocycles. The fourth-order valence-electron chi connectivity index (χ4n) is 1.78. The van der Waals surface area contributed by atoms with Crippen molar-refractivity contribution in [1.29, 1.82) is 0 Å². The summed E-state index contributed by atoms with van der Waals surface area (Å²) in [7, 11) is 0. The Morgan fingerprint density at radius 1 is 1.27 bits per heavy atom. The third-order valence-corrected chi connectivity index (χ3v) is 2.11. The van der Waals surface area contributed by atoms with E-state index in [2.05, 4.69) is 27.7 Å². The molecule has 1 saturated carbocycles. The minimum Gasteiger partial charge on any atom is -0.375 e. The predicted octanol–water partition coefficient (Wildman–Crippen LogP) is 2.99. The highest BCUT2D eigenvalue weighted by molar-refractivity contribution is 4.98. The topological polar surface area (TPSA) is 9.23 Å². The summed E-state index contributed by atoms with van der Waals surface area (Å²) in [5.41, 5.74) is 0.707.